The van der Waals surface area contributed by atoms with Crippen molar-refractivity contribution in [3.63, 3.8) is 0 Å². The van der Waals surface area contributed by atoms with Gasteiger partial charge in [-0.15, -0.1) is 0 Å². The Bertz CT molecular complexity index is 866. The second-order valence-corrected chi connectivity index (χ2v) is 9.22. The molecule has 0 radical (unpaired) electrons. The highest BCUT2D eigenvalue weighted by molar-refractivity contribution is 14.1. The van der Waals surface area contributed by atoms with Gasteiger partial charge in [0.05, 0.1) is 5.41 Å². The van der Waals surface area contributed by atoms with Gasteiger partial charge in [-0.1, -0.05) is 73.7 Å². The SMILES string of the molecule is CC1(c2ccccc2)CC=C(I)C2CN(Cc3ccccc3)CC21C(=O)O. The van der Waals surface area contributed by atoms with Crippen molar-refractivity contribution < 1.29 is 9.90 Å². The van der Waals surface area contributed by atoms with Crippen LogP contribution >= 0.6 is 22.6 Å². The summed E-state index contributed by atoms with van der Waals surface area (Å²) in [5.74, 6) is -0.644. The van der Waals surface area contributed by atoms with Crippen molar-refractivity contribution in [2.45, 2.75) is 25.3 Å². The molecule has 0 bridgehead atoms. The van der Waals surface area contributed by atoms with Crippen LogP contribution in [0.1, 0.15) is 24.5 Å². The molecule has 140 valence electrons. The molecule has 27 heavy (non-hydrogen) atoms. The fourth-order valence-corrected chi connectivity index (χ4v) is 5.99. The number of carboxylic acid groups (broad SMARTS) is 1. The van der Waals surface area contributed by atoms with Gasteiger partial charge in [0.15, 0.2) is 0 Å². The van der Waals surface area contributed by atoms with E-state index in [1.807, 2.05) is 36.4 Å². The number of hydrogen-bond acceptors (Lipinski definition) is 2. The number of benzene rings is 2. The van der Waals surface area contributed by atoms with Crippen molar-refractivity contribution in [3.8, 4) is 0 Å². The lowest BCUT2D eigenvalue weighted by atomic mass is 9.53. The monoisotopic (exact) mass is 473 g/mol. The van der Waals surface area contributed by atoms with Crippen molar-refractivity contribution >= 4 is 28.6 Å². The fraction of sp³-hybridized carbons (Fsp3) is 0.348. The maximum absolute atomic E-state index is 12.8. The third-order valence-corrected chi connectivity index (χ3v) is 7.77. The Morgan fingerprint density at radius 2 is 1.78 bits per heavy atom. The van der Waals surface area contributed by atoms with Gasteiger partial charge in [0, 0.05) is 31.0 Å². The number of nitrogens with zero attached hydrogens (tertiary/aromatic N) is 1. The summed E-state index contributed by atoms with van der Waals surface area (Å²) in [6.45, 7) is 4.31. The molecule has 3 nitrogen and oxygen atoms in total. The van der Waals surface area contributed by atoms with Crippen molar-refractivity contribution in [1.82, 2.24) is 4.90 Å². The van der Waals surface area contributed by atoms with Crippen LogP contribution in [0.5, 0.6) is 0 Å². The lowest BCUT2D eigenvalue weighted by Crippen LogP contribution is -2.56. The van der Waals surface area contributed by atoms with Crippen molar-refractivity contribution in [2.24, 2.45) is 11.3 Å². The van der Waals surface area contributed by atoms with E-state index in [-0.39, 0.29) is 5.92 Å². The van der Waals surface area contributed by atoms with Crippen LogP contribution in [0.3, 0.4) is 0 Å². The standard InChI is InChI=1S/C23H24INO2/c1-22(18-10-6-3-7-11-18)13-12-20(24)19-15-25(16-23(19,22)21(26)27)14-17-8-4-2-5-9-17/h2-12,19H,13-16H2,1H3,(H,26,27). The summed E-state index contributed by atoms with van der Waals surface area (Å²) in [6, 6.07) is 20.6. The third kappa shape index (κ3) is 2.93. The minimum Gasteiger partial charge on any atom is -0.481 e. The summed E-state index contributed by atoms with van der Waals surface area (Å²) in [7, 11) is 0. The molecule has 1 aliphatic heterocycles. The van der Waals surface area contributed by atoms with Crippen molar-refractivity contribution in [3.05, 3.63) is 81.4 Å². The highest BCUT2D eigenvalue weighted by atomic mass is 127. The van der Waals surface area contributed by atoms with Crippen LogP contribution in [-0.2, 0) is 16.8 Å². The Balaban J connectivity index is 1.77. The quantitative estimate of drug-likeness (QED) is 0.645. The van der Waals surface area contributed by atoms with E-state index >= 15 is 0 Å². The average molecular weight is 473 g/mol. The highest BCUT2D eigenvalue weighted by Gasteiger charge is 2.64. The molecule has 4 heteroatoms. The Kier molecular flexibility index (Phi) is 4.89. The van der Waals surface area contributed by atoms with Gasteiger partial charge in [-0.2, -0.15) is 0 Å². The van der Waals surface area contributed by atoms with Crippen molar-refractivity contribution in [2.75, 3.05) is 13.1 Å². The second-order valence-electron chi connectivity index (χ2n) is 7.98. The van der Waals surface area contributed by atoms with Crippen LogP contribution in [0.4, 0.5) is 0 Å². The van der Waals surface area contributed by atoms with Gasteiger partial charge in [-0.3, -0.25) is 9.69 Å². The fourth-order valence-electron chi connectivity index (χ4n) is 5.05. The summed E-state index contributed by atoms with van der Waals surface area (Å²) in [4.78, 5) is 15.2. The zero-order valence-electron chi connectivity index (χ0n) is 15.4. The van der Waals surface area contributed by atoms with Gasteiger partial charge in [0.2, 0.25) is 0 Å². The first-order chi connectivity index (χ1) is 13.0. The molecule has 1 aliphatic carbocycles. The summed E-state index contributed by atoms with van der Waals surface area (Å²) < 4.78 is 1.19. The number of likely N-dealkylation sites (tertiary alicyclic amines) is 1. The molecule has 2 aliphatic rings. The summed E-state index contributed by atoms with van der Waals surface area (Å²) >= 11 is 2.37. The maximum Gasteiger partial charge on any atom is 0.312 e. The molecule has 2 aromatic rings. The molecule has 0 amide bonds. The Morgan fingerprint density at radius 3 is 2.41 bits per heavy atom. The first kappa shape index (κ1) is 18.7. The van der Waals surface area contributed by atoms with E-state index in [0.717, 1.165) is 25.1 Å². The number of halogens is 1. The van der Waals surface area contributed by atoms with Crippen molar-refractivity contribution in [1.29, 1.82) is 0 Å². The van der Waals surface area contributed by atoms with E-state index < -0.39 is 16.8 Å². The first-order valence-corrected chi connectivity index (χ1v) is 10.5. The molecule has 1 N–H and O–H groups in total. The summed E-state index contributed by atoms with van der Waals surface area (Å²) in [6.07, 6.45) is 3.02. The molecule has 1 heterocycles. The number of carboxylic acids is 1. The van der Waals surface area contributed by atoms with Crippen LogP contribution in [0, 0.1) is 11.3 Å². The number of rotatable bonds is 4. The zero-order chi connectivity index (χ0) is 19.1. The molecule has 3 unspecified atom stereocenters. The molecule has 3 atom stereocenters. The van der Waals surface area contributed by atoms with Crippen LogP contribution in [0.25, 0.3) is 0 Å². The third-order valence-electron chi connectivity index (χ3n) is 6.57. The van der Waals surface area contributed by atoms with Gasteiger partial charge in [-0.25, -0.2) is 0 Å². The summed E-state index contributed by atoms with van der Waals surface area (Å²) in [5, 5.41) is 10.5. The van der Waals surface area contributed by atoms with Gasteiger partial charge >= 0.3 is 5.97 Å². The smallest absolute Gasteiger partial charge is 0.312 e. The normalized spacial score (nSPS) is 30.6. The molecular formula is C23H24INO2. The molecule has 0 saturated carbocycles. The zero-order valence-corrected chi connectivity index (χ0v) is 17.6. The topological polar surface area (TPSA) is 40.5 Å². The molecular weight excluding hydrogens is 449 g/mol. The van der Waals surface area contributed by atoms with Crippen LogP contribution in [0.2, 0.25) is 0 Å². The highest BCUT2D eigenvalue weighted by Crippen LogP contribution is 2.59. The van der Waals surface area contributed by atoms with E-state index in [4.69, 9.17) is 0 Å². The number of allylic oxidation sites excluding steroid dienone is 1. The molecule has 1 fully saturated rings. The van der Waals surface area contributed by atoms with E-state index in [9.17, 15) is 9.90 Å². The lowest BCUT2D eigenvalue weighted by molar-refractivity contribution is -0.155. The Hall–Kier alpha value is -1.66. The predicted molar refractivity (Wildman–Crippen MR) is 116 cm³/mol. The number of carbonyl (C=O) groups is 1. The predicted octanol–water partition coefficient (Wildman–Crippen LogP) is 4.87. The minimum atomic E-state index is -0.811. The molecule has 2 aromatic carbocycles. The summed E-state index contributed by atoms with van der Waals surface area (Å²) in [5.41, 5.74) is 1.12. The number of aliphatic carboxylic acids is 1. The lowest BCUT2D eigenvalue weighted by Gasteiger charge is -2.49. The minimum absolute atomic E-state index is 0.0262. The largest absolute Gasteiger partial charge is 0.481 e. The van der Waals surface area contributed by atoms with Crippen LogP contribution in [0.15, 0.2) is 70.3 Å². The average Bonchev–Trinajstić information content (AvgIpc) is 3.08. The molecule has 4 rings (SSSR count). The van der Waals surface area contributed by atoms with E-state index in [1.165, 1.54) is 9.14 Å². The molecule has 0 aromatic heterocycles. The van der Waals surface area contributed by atoms with Gasteiger partial charge in [-0.05, 0) is 43.7 Å². The van der Waals surface area contributed by atoms with Gasteiger partial charge in [0.25, 0.3) is 0 Å². The number of hydrogen-bond donors (Lipinski definition) is 1. The van der Waals surface area contributed by atoms with Gasteiger partial charge < -0.3 is 5.11 Å². The van der Waals surface area contributed by atoms with Gasteiger partial charge in [0.1, 0.15) is 0 Å². The molecule has 0 spiro atoms. The number of fused-ring (bicyclic) bond motifs is 1. The Morgan fingerprint density at radius 1 is 1.15 bits per heavy atom. The van der Waals surface area contributed by atoms with Crippen LogP contribution < -0.4 is 0 Å². The van der Waals surface area contributed by atoms with E-state index in [1.54, 1.807) is 0 Å². The van der Waals surface area contributed by atoms with E-state index in [0.29, 0.717) is 6.54 Å². The van der Waals surface area contributed by atoms with E-state index in [2.05, 4.69) is 64.8 Å². The van der Waals surface area contributed by atoms with Crippen LogP contribution in [-0.4, -0.2) is 29.1 Å². The maximum atomic E-state index is 12.8. The Labute approximate surface area is 174 Å². The second kappa shape index (κ2) is 7.06. The molecule has 1 saturated heterocycles. The first-order valence-electron chi connectivity index (χ1n) is 9.38.